The Kier molecular flexibility index (Phi) is 6.11. The monoisotopic (exact) mass is 311 g/mol. The maximum atomic E-state index is 12.3. The number of hydrogen-bond acceptors (Lipinski definition) is 3. The van der Waals surface area contributed by atoms with Crippen LogP contribution in [0.25, 0.3) is 6.08 Å². The molecule has 5 nitrogen and oxygen atoms in total. The summed E-state index contributed by atoms with van der Waals surface area (Å²) in [6.45, 7) is 6.14. The van der Waals surface area contributed by atoms with Crippen LogP contribution < -0.4 is 4.72 Å². The van der Waals surface area contributed by atoms with Crippen LogP contribution in [0.1, 0.15) is 31.4 Å². The van der Waals surface area contributed by atoms with E-state index in [0.717, 1.165) is 12.5 Å². The summed E-state index contributed by atoms with van der Waals surface area (Å²) in [6.07, 6.45) is 3.11. The first kappa shape index (κ1) is 17.4. The highest BCUT2D eigenvalue weighted by molar-refractivity contribution is 7.89. The van der Waals surface area contributed by atoms with Crippen molar-refractivity contribution in [3.63, 3.8) is 0 Å². The van der Waals surface area contributed by atoms with Gasteiger partial charge >= 0.3 is 5.97 Å². The third-order valence-electron chi connectivity index (χ3n) is 2.93. The van der Waals surface area contributed by atoms with E-state index in [-0.39, 0.29) is 4.90 Å². The highest BCUT2D eigenvalue weighted by atomic mass is 32.2. The van der Waals surface area contributed by atoms with E-state index in [1.165, 1.54) is 12.1 Å². The summed E-state index contributed by atoms with van der Waals surface area (Å²) in [5.74, 6) is -0.659. The van der Waals surface area contributed by atoms with Gasteiger partial charge in [-0.25, -0.2) is 17.9 Å². The zero-order valence-corrected chi connectivity index (χ0v) is 13.3. The molecule has 0 spiro atoms. The second kappa shape index (κ2) is 7.38. The number of nitrogens with one attached hydrogen (secondary N) is 1. The molecule has 1 aromatic carbocycles. The first-order valence-electron chi connectivity index (χ1n) is 6.73. The first-order chi connectivity index (χ1) is 9.72. The Labute approximate surface area is 125 Å². The van der Waals surface area contributed by atoms with Gasteiger partial charge in [-0.3, -0.25) is 0 Å². The number of carbonyl (C=O) groups is 1. The van der Waals surface area contributed by atoms with Crippen LogP contribution >= 0.6 is 0 Å². The van der Waals surface area contributed by atoms with E-state index >= 15 is 0 Å². The molecular formula is C15H21NO4S. The molecule has 0 atom stereocenters. The second-order valence-electron chi connectivity index (χ2n) is 5.28. The maximum absolute atomic E-state index is 12.3. The number of benzene rings is 1. The molecule has 116 valence electrons. The molecule has 0 saturated heterocycles. The summed E-state index contributed by atoms with van der Waals surface area (Å²) in [7, 11) is -3.58. The van der Waals surface area contributed by atoms with Crippen molar-refractivity contribution in [1.29, 1.82) is 0 Å². The minimum absolute atomic E-state index is 0.179. The summed E-state index contributed by atoms with van der Waals surface area (Å²) in [4.78, 5) is 10.7. The van der Waals surface area contributed by atoms with Gasteiger partial charge in [0.2, 0.25) is 10.0 Å². The molecule has 0 aromatic heterocycles. The van der Waals surface area contributed by atoms with Gasteiger partial charge in [0.05, 0.1) is 4.90 Å². The lowest BCUT2D eigenvalue weighted by Crippen LogP contribution is -2.26. The van der Waals surface area contributed by atoms with Gasteiger partial charge < -0.3 is 5.11 Å². The molecule has 0 aliphatic heterocycles. The van der Waals surface area contributed by atoms with Gasteiger partial charge in [0, 0.05) is 12.6 Å². The van der Waals surface area contributed by atoms with E-state index in [1.807, 2.05) is 13.8 Å². The molecule has 21 heavy (non-hydrogen) atoms. The summed E-state index contributed by atoms with van der Waals surface area (Å²) in [6, 6.07) is 4.83. The van der Waals surface area contributed by atoms with Crippen molar-refractivity contribution in [3.8, 4) is 0 Å². The highest BCUT2D eigenvalue weighted by Gasteiger charge is 2.16. The molecule has 0 aliphatic rings. The Morgan fingerprint density at radius 1 is 1.38 bits per heavy atom. The van der Waals surface area contributed by atoms with E-state index in [9.17, 15) is 13.2 Å². The molecule has 1 aromatic rings. The lowest BCUT2D eigenvalue weighted by atomic mass is 10.1. The third kappa shape index (κ3) is 5.69. The van der Waals surface area contributed by atoms with Crippen LogP contribution in [0.15, 0.2) is 29.2 Å². The number of aryl methyl sites for hydroxylation is 1. The largest absolute Gasteiger partial charge is 0.478 e. The van der Waals surface area contributed by atoms with E-state index in [2.05, 4.69) is 4.72 Å². The van der Waals surface area contributed by atoms with Gasteiger partial charge in [-0.2, -0.15) is 0 Å². The van der Waals surface area contributed by atoms with Crippen molar-refractivity contribution < 1.29 is 18.3 Å². The zero-order chi connectivity index (χ0) is 16.0. The zero-order valence-electron chi connectivity index (χ0n) is 12.5. The Balaban J connectivity index is 2.99. The normalized spacial score (nSPS) is 12.2. The summed E-state index contributed by atoms with van der Waals surface area (Å²) >= 11 is 0. The number of hydrogen-bond donors (Lipinski definition) is 2. The minimum Gasteiger partial charge on any atom is -0.478 e. The van der Waals surface area contributed by atoms with Gasteiger partial charge in [0.25, 0.3) is 0 Å². The van der Waals surface area contributed by atoms with Gasteiger partial charge in [-0.15, -0.1) is 0 Å². The van der Waals surface area contributed by atoms with Gasteiger partial charge in [-0.1, -0.05) is 26.0 Å². The summed E-state index contributed by atoms with van der Waals surface area (Å²) < 4.78 is 27.1. The highest BCUT2D eigenvalue weighted by Crippen LogP contribution is 2.18. The fraction of sp³-hybridized carbons (Fsp3) is 0.400. The van der Waals surface area contributed by atoms with Crippen molar-refractivity contribution in [2.75, 3.05) is 6.54 Å². The Morgan fingerprint density at radius 2 is 2.05 bits per heavy atom. The van der Waals surface area contributed by atoms with Crippen LogP contribution in [0.3, 0.4) is 0 Å². The van der Waals surface area contributed by atoms with Crippen LogP contribution in [0, 0.1) is 12.8 Å². The Morgan fingerprint density at radius 3 is 2.62 bits per heavy atom. The Hall–Kier alpha value is -1.66. The quantitative estimate of drug-likeness (QED) is 0.757. The molecule has 2 N–H and O–H groups in total. The van der Waals surface area contributed by atoms with Crippen LogP contribution in [-0.4, -0.2) is 26.0 Å². The standard InChI is InChI=1S/C15H21NO4S/c1-11(2)8-9-16-21(19,20)14-10-13(5-4-12(14)3)6-7-15(17)18/h4-7,10-11,16H,8-9H2,1-3H3,(H,17,18). The lowest BCUT2D eigenvalue weighted by Gasteiger charge is -2.11. The van der Waals surface area contributed by atoms with E-state index in [4.69, 9.17) is 5.11 Å². The number of rotatable bonds is 7. The molecule has 0 heterocycles. The molecule has 0 radical (unpaired) electrons. The van der Waals surface area contributed by atoms with Gasteiger partial charge in [-0.05, 0) is 42.5 Å². The van der Waals surface area contributed by atoms with Crippen LogP contribution in [0.4, 0.5) is 0 Å². The number of sulfonamides is 1. The van der Waals surface area contributed by atoms with Crippen molar-refractivity contribution in [2.24, 2.45) is 5.92 Å². The van der Waals surface area contributed by atoms with E-state index in [0.29, 0.717) is 23.6 Å². The smallest absolute Gasteiger partial charge is 0.328 e. The molecule has 0 aliphatic carbocycles. The maximum Gasteiger partial charge on any atom is 0.328 e. The number of aliphatic carboxylic acids is 1. The van der Waals surface area contributed by atoms with E-state index in [1.54, 1.807) is 19.1 Å². The molecule has 0 bridgehead atoms. The molecule has 0 amide bonds. The van der Waals surface area contributed by atoms with Crippen LogP contribution in [0.5, 0.6) is 0 Å². The molecule has 0 unspecified atom stereocenters. The molecule has 0 fully saturated rings. The fourth-order valence-electron chi connectivity index (χ4n) is 1.74. The average molecular weight is 311 g/mol. The predicted molar refractivity (Wildman–Crippen MR) is 82.5 cm³/mol. The Bertz CT molecular complexity index is 633. The van der Waals surface area contributed by atoms with Crippen molar-refractivity contribution in [3.05, 3.63) is 35.4 Å². The fourth-order valence-corrected chi connectivity index (χ4v) is 3.06. The summed E-state index contributed by atoms with van der Waals surface area (Å²) in [5, 5.41) is 8.61. The number of carboxylic acids is 1. The third-order valence-corrected chi connectivity index (χ3v) is 4.54. The van der Waals surface area contributed by atoms with Crippen molar-refractivity contribution in [1.82, 2.24) is 4.72 Å². The topological polar surface area (TPSA) is 83.5 Å². The lowest BCUT2D eigenvalue weighted by molar-refractivity contribution is -0.131. The molecular weight excluding hydrogens is 290 g/mol. The molecule has 0 saturated carbocycles. The van der Waals surface area contributed by atoms with E-state index < -0.39 is 16.0 Å². The molecule has 6 heteroatoms. The first-order valence-corrected chi connectivity index (χ1v) is 8.22. The minimum atomic E-state index is -3.58. The predicted octanol–water partition coefficient (Wildman–Crippen LogP) is 2.42. The average Bonchev–Trinajstić information content (AvgIpc) is 2.36. The van der Waals surface area contributed by atoms with Crippen LogP contribution in [0.2, 0.25) is 0 Å². The van der Waals surface area contributed by atoms with Crippen molar-refractivity contribution in [2.45, 2.75) is 32.1 Å². The SMILES string of the molecule is Cc1ccc(C=CC(=O)O)cc1S(=O)(=O)NCCC(C)C. The second-order valence-corrected chi connectivity index (χ2v) is 7.01. The summed E-state index contributed by atoms with van der Waals surface area (Å²) in [5.41, 5.74) is 1.16. The molecule has 1 rings (SSSR count). The van der Waals surface area contributed by atoms with Gasteiger partial charge in [0.15, 0.2) is 0 Å². The van der Waals surface area contributed by atoms with Crippen molar-refractivity contribution >= 4 is 22.1 Å². The number of carboxylic acid groups (broad SMARTS) is 1. The van der Waals surface area contributed by atoms with Gasteiger partial charge in [0.1, 0.15) is 0 Å². The van der Waals surface area contributed by atoms with Crippen LogP contribution in [-0.2, 0) is 14.8 Å².